The number of carboxylic acids is 1. The molecule has 2 aliphatic heterocycles. The normalized spacial score (nSPS) is 26.4. The predicted molar refractivity (Wildman–Crippen MR) is 75.7 cm³/mol. The smallest absolute Gasteiger partial charge is 0.320 e. The molecule has 7 heteroatoms. The monoisotopic (exact) mass is 297 g/mol. The second kappa shape index (κ2) is 6.78. The SMILES string of the molecule is CC1C(=O)NCCN1C(=O)N1CCCC(CCC(=O)O)C1. The van der Waals surface area contributed by atoms with Crippen molar-refractivity contribution in [3.05, 3.63) is 0 Å². The van der Waals surface area contributed by atoms with E-state index < -0.39 is 12.0 Å². The summed E-state index contributed by atoms with van der Waals surface area (Å²) >= 11 is 0. The zero-order chi connectivity index (χ0) is 15.4. The molecule has 2 heterocycles. The van der Waals surface area contributed by atoms with Gasteiger partial charge in [-0.1, -0.05) is 0 Å². The summed E-state index contributed by atoms with van der Waals surface area (Å²) in [7, 11) is 0. The van der Waals surface area contributed by atoms with Gasteiger partial charge in [-0.2, -0.15) is 0 Å². The molecule has 0 aromatic rings. The van der Waals surface area contributed by atoms with Gasteiger partial charge in [-0.05, 0) is 32.1 Å². The zero-order valence-corrected chi connectivity index (χ0v) is 12.4. The number of hydrogen-bond donors (Lipinski definition) is 2. The first kappa shape index (κ1) is 15.6. The van der Waals surface area contributed by atoms with Gasteiger partial charge in [0, 0.05) is 32.6 Å². The molecule has 2 N–H and O–H groups in total. The van der Waals surface area contributed by atoms with E-state index in [0.717, 1.165) is 12.8 Å². The largest absolute Gasteiger partial charge is 0.481 e. The lowest BCUT2D eigenvalue weighted by Gasteiger charge is -2.40. The highest BCUT2D eigenvalue weighted by Crippen LogP contribution is 2.22. The number of nitrogens with zero attached hydrogens (tertiary/aromatic N) is 2. The van der Waals surface area contributed by atoms with Crippen molar-refractivity contribution in [1.29, 1.82) is 0 Å². The van der Waals surface area contributed by atoms with Gasteiger partial charge < -0.3 is 20.2 Å². The minimum Gasteiger partial charge on any atom is -0.481 e. The fraction of sp³-hybridized carbons (Fsp3) is 0.786. The molecule has 0 aromatic heterocycles. The fourth-order valence-corrected chi connectivity index (χ4v) is 3.03. The minimum absolute atomic E-state index is 0.0997. The van der Waals surface area contributed by atoms with Gasteiger partial charge in [-0.3, -0.25) is 9.59 Å². The lowest BCUT2D eigenvalue weighted by Crippen LogP contribution is -2.59. The van der Waals surface area contributed by atoms with Gasteiger partial charge in [0.25, 0.3) is 0 Å². The maximum atomic E-state index is 12.5. The van der Waals surface area contributed by atoms with Crippen LogP contribution in [0.1, 0.15) is 32.6 Å². The third kappa shape index (κ3) is 3.86. The number of likely N-dealkylation sites (tertiary alicyclic amines) is 1. The summed E-state index contributed by atoms with van der Waals surface area (Å²) in [5, 5.41) is 11.5. The Kier molecular flexibility index (Phi) is 5.03. The molecule has 0 bridgehead atoms. The van der Waals surface area contributed by atoms with Gasteiger partial charge in [0.05, 0.1) is 0 Å². The van der Waals surface area contributed by atoms with E-state index in [2.05, 4.69) is 5.32 Å². The molecule has 21 heavy (non-hydrogen) atoms. The molecule has 0 aliphatic carbocycles. The molecule has 118 valence electrons. The summed E-state index contributed by atoms with van der Waals surface area (Å²) in [5.74, 6) is -0.665. The van der Waals surface area contributed by atoms with E-state index in [4.69, 9.17) is 5.11 Å². The molecule has 2 atom stereocenters. The van der Waals surface area contributed by atoms with Crippen molar-refractivity contribution in [1.82, 2.24) is 15.1 Å². The highest BCUT2D eigenvalue weighted by atomic mass is 16.4. The van der Waals surface area contributed by atoms with Crippen LogP contribution in [0.25, 0.3) is 0 Å². The van der Waals surface area contributed by atoms with Crippen LogP contribution in [-0.2, 0) is 9.59 Å². The third-order valence-electron chi connectivity index (χ3n) is 4.30. The van der Waals surface area contributed by atoms with E-state index in [-0.39, 0.29) is 24.3 Å². The number of piperazine rings is 1. The number of amides is 3. The summed E-state index contributed by atoms with van der Waals surface area (Å²) in [6, 6.07) is -0.539. The Labute approximate surface area is 124 Å². The molecular formula is C14H23N3O4. The van der Waals surface area contributed by atoms with E-state index in [1.54, 1.807) is 16.7 Å². The number of carbonyl (C=O) groups excluding carboxylic acids is 2. The van der Waals surface area contributed by atoms with Crippen LogP contribution in [0.15, 0.2) is 0 Å². The van der Waals surface area contributed by atoms with Crippen molar-refractivity contribution in [2.75, 3.05) is 26.2 Å². The van der Waals surface area contributed by atoms with E-state index in [9.17, 15) is 14.4 Å². The number of hydrogen-bond acceptors (Lipinski definition) is 3. The standard InChI is InChI=1S/C14H23N3O4/c1-10-13(20)15-6-8-17(10)14(21)16-7-2-3-11(9-16)4-5-12(18)19/h10-11H,2-9H2,1H3,(H,15,20)(H,18,19). The molecule has 2 fully saturated rings. The molecule has 2 rings (SSSR count). The fourth-order valence-electron chi connectivity index (χ4n) is 3.03. The maximum Gasteiger partial charge on any atom is 0.320 e. The van der Waals surface area contributed by atoms with Gasteiger partial charge >= 0.3 is 12.0 Å². The lowest BCUT2D eigenvalue weighted by molar-refractivity contribution is -0.137. The highest BCUT2D eigenvalue weighted by Gasteiger charge is 2.34. The van der Waals surface area contributed by atoms with Crippen molar-refractivity contribution < 1.29 is 19.5 Å². The molecule has 7 nitrogen and oxygen atoms in total. The summed E-state index contributed by atoms with van der Waals surface area (Å²) in [6.45, 7) is 4.04. The number of rotatable bonds is 3. The molecular weight excluding hydrogens is 274 g/mol. The number of carbonyl (C=O) groups is 3. The van der Waals surface area contributed by atoms with Crippen LogP contribution in [-0.4, -0.2) is 65.0 Å². The summed E-state index contributed by atoms with van der Waals surface area (Å²) in [4.78, 5) is 38.2. The number of nitrogens with one attached hydrogen (secondary N) is 1. The molecule has 0 saturated carbocycles. The van der Waals surface area contributed by atoms with Crippen molar-refractivity contribution >= 4 is 17.9 Å². The Morgan fingerprint density at radius 3 is 2.86 bits per heavy atom. The minimum atomic E-state index is -0.792. The number of urea groups is 1. The Hall–Kier alpha value is -1.79. The summed E-state index contributed by atoms with van der Waals surface area (Å²) in [5.41, 5.74) is 0. The van der Waals surface area contributed by atoms with Crippen molar-refractivity contribution in [2.24, 2.45) is 5.92 Å². The van der Waals surface area contributed by atoms with Crippen LogP contribution >= 0.6 is 0 Å². The Balaban J connectivity index is 1.92. The third-order valence-corrected chi connectivity index (χ3v) is 4.30. The highest BCUT2D eigenvalue weighted by molar-refractivity contribution is 5.87. The molecule has 3 amide bonds. The Bertz CT molecular complexity index is 426. The molecule has 0 radical (unpaired) electrons. The van der Waals surface area contributed by atoms with Crippen LogP contribution in [0.5, 0.6) is 0 Å². The van der Waals surface area contributed by atoms with Crippen LogP contribution in [0.3, 0.4) is 0 Å². The first-order chi connectivity index (χ1) is 9.99. The zero-order valence-electron chi connectivity index (χ0n) is 12.4. The average Bonchev–Trinajstić information content (AvgIpc) is 2.47. The first-order valence-electron chi connectivity index (χ1n) is 7.54. The topological polar surface area (TPSA) is 90.0 Å². The van der Waals surface area contributed by atoms with Crippen molar-refractivity contribution in [2.45, 2.75) is 38.6 Å². The van der Waals surface area contributed by atoms with Crippen molar-refractivity contribution in [3.63, 3.8) is 0 Å². The Morgan fingerprint density at radius 2 is 2.14 bits per heavy atom. The van der Waals surface area contributed by atoms with E-state index in [0.29, 0.717) is 32.6 Å². The van der Waals surface area contributed by atoms with Crippen molar-refractivity contribution in [3.8, 4) is 0 Å². The van der Waals surface area contributed by atoms with E-state index in [1.165, 1.54) is 0 Å². The van der Waals surface area contributed by atoms with E-state index >= 15 is 0 Å². The van der Waals surface area contributed by atoms with Gasteiger partial charge in [0.15, 0.2) is 0 Å². The van der Waals surface area contributed by atoms with Crippen LogP contribution < -0.4 is 5.32 Å². The molecule has 2 saturated heterocycles. The molecule has 2 aliphatic rings. The van der Waals surface area contributed by atoms with Crippen LogP contribution in [0.4, 0.5) is 4.79 Å². The number of carboxylic acid groups (broad SMARTS) is 1. The van der Waals surface area contributed by atoms with Gasteiger partial charge in [-0.25, -0.2) is 4.79 Å². The summed E-state index contributed by atoms with van der Waals surface area (Å²) in [6.07, 6.45) is 2.61. The maximum absolute atomic E-state index is 12.5. The number of piperidine rings is 1. The summed E-state index contributed by atoms with van der Waals surface area (Å²) < 4.78 is 0. The molecule has 0 aromatic carbocycles. The first-order valence-corrected chi connectivity index (χ1v) is 7.54. The quantitative estimate of drug-likeness (QED) is 0.794. The number of aliphatic carboxylic acids is 1. The van der Waals surface area contributed by atoms with Crippen LogP contribution in [0.2, 0.25) is 0 Å². The predicted octanol–water partition coefficient (Wildman–Crippen LogP) is 0.504. The lowest BCUT2D eigenvalue weighted by atomic mass is 9.93. The van der Waals surface area contributed by atoms with Crippen LogP contribution in [0, 0.1) is 5.92 Å². The van der Waals surface area contributed by atoms with Gasteiger partial charge in [0.2, 0.25) is 5.91 Å². The van der Waals surface area contributed by atoms with Gasteiger partial charge in [-0.15, -0.1) is 0 Å². The average molecular weight is 297 g/mol. The van der Waals surface area contributed by atoms with E-state index in [1.807, 2.05) is 0 Å². The second-order valence-electron chi connectivity index (χ2n) is 5.83. The Morgan fingerprint density at radius 1 is 1.38 bits per heavy atom. The second-order valence-corrected chi connectivity index (χ2v) is 5.83. The molecule has 0 spiro atoms. The molecule has 2 unspecified atom stereocenters. The van der Waals surface area contributed by atoms with Gasteiger partial charge in [0.1, 0.15) is 6.04 Å².